The summed E-state index contributed by atoms with van der Waals surface area (Å²) >= 11 is 0. The van der Waals surface area contributed by atoms with Crippen molar-refractivity contribution in [2.75, 3.05) is 6.54 Å². The first-order valence-corrected chi connectivity index (χ1v) is 6.11. The molecule has 1 aromatic carbocycles. The third-order valence-electron chi connectivity index (χ3n) is 3.34. The van der Waals surface area contributed by atoms with Crippen LogP contribution in [0.2, 0.25) is 0 Å². The van der Waals surface area contributed by atoms with Gasteiger partial charge >= 0.3 is 0 Å². The molecule has 90 valence electrons. The highest BCUT2D eigenvalue weighted by Gasteiger charge is 2.22. The molecule has 0 spiro atoms. The lowest BCUT2D eigenvalue weighted by molar-refractivity contribution is 0.491. The lowest BCUT2D eigenvalue weighted by Crippen LogP contribution is -2.22. The van der Waals surface area contributed by atoms with E-state index in [2.05, 4.69) is 50.0 Å². The molecule has 0 bridgehead atoms. The van der Waals surface area contributed by atoms with Gasteiger partial charge in [0.1, 0.15) is 0 Å². The van der Waals surface area contributed by atoms with Crippen molar-refractivity contribution in [2.24, 2.45) is 5.73 Å². The number of hydrogen-bond acceptors (Lipinski definition) is 2. The van der Waals surface area contributed by atoms with Crippen molar-refractivity contribution in [1.82, 2.24) is 4.98 Å². The van der Waals surface area contributed by atoms with E-state index in [1.807, 2.05) is 6.07 Å². The molecular weight excluding hydrogens is 208 g/mol. The molecule has 0 aliphatic rings. The second-order valence-electron chi connectivity index (χ2n) is 5.25. The number of hydrogen-bond donors (Lipinski definition) is 1. The summed E-state index contributed by atoms with van der Waals surface area (Å²) in [6.07, 6.45) is 0.987. The summed E-state index contributed by atoms with van der Waals surface area (Å²) in [6, 6.07) is 10.5. The first-order chi connectivity index (χ1) is 8.04. The Balaban J connectivity index is 2.67. The monoisotopic (exact) mass is 228 g/mol. The molecule has 0 amide bonds. The maximum absolute atomic E-state index is 5.72. The summed E-state index contributed by atoms with van der Waals surface area (Å²) < 4.78 is 0. The van der Waals surface area contributed by atoms with E-state index in [-0.39, 0.29) is 5.41 Å². The fraction of sp³-hybridized carbons (Fsp3) is 0.400. The zero-order valence-corrected chi connectivity index (χ0v) is 10.8. The number of aromatic nitrogens is 1. The molecule has 0 unspecified atom stereocenters. The average Bonchev–Trinajstić information content (AvgIpc) is 2.27. The highest BCUT2D eigenvalue weighted by Crippen LogP contribution is 2.32. The standard InChI is InChI=1S/C15H20N2/c1-11-10-13(15(2,3)8-9-16)12-6-4-5-7-14(12)17-11/h4-7,10H,8-9,16H2,1-3H3. The Labute approximate surface area is 103 Å². The summed E-state index contributed by atoms with van der Waals surface area (Å²) in [5, 5.41) is 1.25. The van der Waals surface area contributed by atoms with Crippen LogP contribution in [0.1, 0.15) is 31.5 Å². The van der Waals surface area contributed by atoms with Gasteiger partial charge < -0.3 is 5.73 Å². The lowest BCUT2D eigenvalue weighted by atomic mass is 9.79. The van der Waals surface area contributed by atoms with E-state index >= 15 is 0 Å². The van der Waals surface area contributed by atoms with Gasteiger partial charge in [0.05, 0.1) is 5.52 Å². The van der Waals surface area contributed by atoms with Gasteiger partial charge in [-0.2, -0.15) is 0 Å². The Morgan fingerprint density at radius 3 is 2.65 bits per heavy atom. The van der Waals surface area contributed by atoms with Crippen LogP contribution in [-0.2, 0) is 5.41 Å². The van der Waals surface area contributed by atoms with Crippen molar-refractivity contribution in [3.05, 3.63) is 41.6 Å². The van der Waals surface area contributed by atoms with Gasteiger partial charge in [-0.15, -0.1) is 0 Å². The SMILES string of the molecule is Cc1cc(C(C)(C)CCN)c2ccccc2n1. The van der Waals surface area contributed by atoms with Gasteiger partial charge in [-0.1, -0.05) is 32.0 Å². The highest BCUT2D eigenvalue weighted by molar-refractivity contribution is 5.83. The van der Waals surface area contributed by atoms with Crippen molar-refractivity contribution in [2.45, 2.75) is 32.6 Å². The second kappa shape index (κ2) is 4.46. The molecule has 2 aromatic rings. The minimum atomic E-state index is 0.0993. The smallest absolute Gasteiger partial charge is 0.0708 e. The van der Waals surface area contributed by atoms with Crippen LogP contribution in [0.25, 0.3) is 10.9 Å². The molecule has 1 heterocycles. The van der Waals surface area contributed by atoms with Crippen LogP contribution in [0.5, 0.6) is 0 Å². The summed E-state index contributed by atoms with van der Waals surface area (Å²) in [6.45, 7) is 7.26. The van der Waals surface area contributed by atoms with Crippen LogP contribution in [-0.4, -0.2) is 11.5 Å². The second-order valence-corrected chi connectivity index (χ2v) is 5.25. The average molecular weight is 228 g/mol. The number of pyridine rings is 1. The summed E-state index contributed by atoms with van der Waals surface area (Å²) in [4.78, 5) is 4.58. The van der Waals surface area contributed by atoms with Gasteiger partial charge in [-0.25, -0.2) is 0 Å². The number of rotatable bonds is 3. The van der Waals surface area contributed by atoms with Crippen LogP contribution >= 0.6 is 0 Å². The molecule has 0 saturated carbocycles. The Bertz CT molecular complexity index is 529. The molecule has 0 radical (unpaired) electrons. The van der Waals surface area contributed by atoms with Gasteiger partial charge in [0, 0.05) is 11.1 Å². The fourth-order valence-electron chi connectivity index (χ4n) is 2.36. The van der Waals surface area contributed by atoms with Crippen molar-refractivity contribution in [3.8, 4) is 0 Å². The normalized spacial score (nSPS) is 12.0. The maximum Gasteiger partial charge on any atom is 0.0708 e. The van der Waals surface area contributed by atoms with Crippen LogP contribution in [0.4, 0.5) is 0 Å². The number of benzene rings is 1. The van der Waals surface area contributed by atoms with Crippen LogP contribution in [0.15, 0.2) is 30.3 Å². The molecular formula is C15H20N2. The van der Waals surface area contributed by atoms with Gasteiger partial charge in [0.2, 0.25) is 0 Å². The third-order valence-corrected chi connectivity index (χ3v) is 3.34. The van der Waals surface area contributed by atoms with Gasteiger partial charge in [0.25, 0.3) is 0 Å². The van der Waals surface area contributed by atoms with Crippen molar-refractivity contribution < 1.29 is 0 Å². The predicted octanol–water partition coefficient (Wildman–Crippen LogP) is 3.17. The third kappa shape index (κ3) is 2.32. The Morgan fingerprint density at radius 2 is 1.94 bits per heavy atom. The van der Waals surface area contributed by atoms with E-state index in [4.69, 9.17) is 5.73 Å². The number of nitrogens with two attached hydrogens (primary N) is 1. The molecule has 2 N–H and O–H groups in total. The summed E-state index contributed by atoms with van der Waals surface area (Å²) in [5.74, 6) is 0. The Hall–Kier alpha value is -1.41. The molecule has 0 atom stereocenters. The first kappa shape index (κ1) is 12.1. The van der Waals surface area contributed by atoms with Gasteiger partial charge in [-0.05, 0) is 43.0 Å². The molecule has 2 nitrogen and oxygen atoms in total. The number of para-hydroxylation sites is 1. The number of fused-ring (bicyclic) bond motifs is 1. The van der Waals surface area contributed by atoms with E-state index in [9.17, 15) is 0 Å². The highest BCUT2D eigenvalue weighted by atomic mass is 14.7. The molecule has 0 aliphatic heterocycles. The van der Waals surface area contributed by atoms with Crippen molar-refractivity contribution in [1.29, 1.82) is 0 Å². The molecule has 0 aliphatic carbocycles. The molecule has 2 heteroatoms. The lowest BCUT2D eigenvalue weighted by Gasteiger charge is -2.26. The van der Waals surface area contributed by atoms with Crippen LogP contribution < -0.4 is 5.73 Å². The quantitative estimate of drug-likeness (QED) is 0.876. The van der Waals surface area contributed by atoms with E-state index in [1.165, 1.54) is 10.9 Å². The van der Waals surface area contributed by atoms with E-state index in [1.54, 1.807) is 0 Å². The number of nitrogens with zero attached hydrogens (tertiary/aromatic N) is 1. The van der Waals surface area contributed by atoms with E-state index in [0.717, 1.165) is 17.6 Å². The number of aryl methyl sites for hydroxylation is 1. The fourth-order valence-corrected chi connectivity index (χ4v) is 2.36. The van der Waals surface area contributed by atoms with Crippen molar-refractivity contribution >= 4 is 10.9 Å². The van der Waals surface area contributed by atoms with Crippen LogP contribution in [0.3, 0.4) is 0 Å². The predicted molar refractivity (Wildman–Crippen MR) is 73.2 cm³/mol. The zero-order valence-electron chi connectivity index (χ0n) is 10.8. The molecule has 17 heavy (non-hydrogen) atoms. The Kier molecular flexibility index (Phi) is 3.16. The topological polar surface area (TPSA) is 38.9 Å². The van der Waals surface area contributed by atoms with Gasteiger partial charge in [0.15, 0.2) is 0 Å². The largest absolute Gasteiger partial charge is 0.330 e. The van der Waals surface area contributed by atoms with Crippen molar-refractivity contribution in [3.63, 3.8) is 0 Å². The molecule has 0 fully saturated rings. The van der Waals surface area contributed by atoms with Gasteiger partial charge in [-0.3, -0.25) is 4.98 Å². The zero-order chi connectivity index (χ0) is 12.5. The molecule has 2 rings (SSSR count). The minimum absolute atomic E-state index is 0.0993. The molecule has 0 saturated heterocycles. The Morgan fingerprint density at radius 1 is 1.24 bits per heavy atom. The first-order valence-electron chi connectivity index (χ1n) is 6.11. The summed E-state index contributed by atoms with van der Waals surface area (Å²) in [5.41, 5.74) is 9.32. The minimum Gasteiger partial charge on any atom is -0.330 e. The van der Waals surface area contributed by atoms with E-state index < -0.39 is 0 Å². The summed E-state index contributed by atoms with van der Waals surface area (Å²) in [7, 11) is 0. The van der Waals surface area contributed by atoms with Crippen LogP contribution in [0, 0.1) is 6.92 Å². The molecule has 1 aromatic heterocycles. The maximum atomic E-state index is 5.72. The van der Waals surface area contributed by atoms with E-state index in [0.29, 0.717) is 6.54 Å².